The van der Waals surface area contributed by atoms with Gasteiger partial charge >= 0.3 is 0 Å². The van der Waals surface area contributed by atoms with Gasteiger partial charge in [-0.1, -0.05) is 0 Å². The van der Waals surface area contributed by atoms with Crippen molar-refractivity contribution in [3.63, 3.8) is 0 Å². The van der Waals surface area contributed by atoms with Crippen molar-refractivity contribution in [1.82, 2.24) is 4.57 Å². The first-order valence-electron chi connectivity index (χ1n) is 6.88. The third-order valence-corrected chi connectivity index (χ3v) is 3.93. The summed E-state index contributed by atoms with van der Waals surface area (Å²) in [6.45, 7) is 5.27. The lowest BCUT2D eigenvalue weighted by molar-refractivity contribution is -0.0212. The van der Waals surface area contributed by atoms with E-state index >= 15 is 0 Å². The Morgan fingerprint density at radius 1 is 1.37 bits per heavy atom. The Bertz CT molecular complexity index is 585. The number of aromatic nitrogens is 1. The molecule has 1 unspecified atom stereocenters. The number of hydrogen-bond donors (Lipinski definition) is 0. The van der Waals surface area contributed by atoms with Gasteiger partial charge in [0.1, 0.15) is 5.75 Å². The second-order valence-electron chi connectivity index (χ2n) is 5.93. The molecule has 2 heterocycles. The Kier molecular flexibility index (Phi) is 3.02. The molecule has 3 heteroatoms. The summed E-state index contributed by atoms with van der Waals surface area (Å²) in [5, 5.41) is 1.22. The molecule has 0 aliphatic carbocycles. The molecule has 3 nitrogen and oxygen atoms in total. The zero-order valence-corrected chi connectivity index (χ0v) is 11.8. The van der Waals surface area contributed by atoms with Crippen LogP contribution in [0.3, 0.4) is 0 Å². The molecule has 0 saturated carbocycles. The predicted octanol–water partition coefficient (Wildman–Crippen LogP) is 3.61. The summed E-state index contributed by atoms with van der Waals surface area (Å²) >= 11 is 0. The van der Waals surface area contributed by atoms with Crippen LogP contribution in [0.1, 0.15) is 26.7 Å². The first-order chi connectivity index (χ1) is 9.07. The molecule has 0 N–H and O–H groups in total. The van der Waals surface area contributed by atoms with E-state index in [2.05, 4.69) is 42.8 Å². The molecule has 19 heavy (non-hydrogen) atoms. The third kappa shape index (κ3) is 2.47. The number of rotatable bonds is 3. The van der Waals surface area contributed by atoms with E-state index in [0.717, 1.165) is 25.1 Å². The van der Waals surface area contributed by atoms with E-state index in [1.807, 2.05) is 6.07 Å². The zero-order chi connectivity index (χ0) is 13.5. The summed E-state index contributed by atoms with van der Waals surface area (Å²) in [4.78, 5) is 0. The minimum Gasteiger partial charge on any atom is -0.497 e. The van der Waals surface area contributed by atoms with Crippen LogP contribution in [-0.2, 0) is 11.3 Å². The van der Waals surface area contributed by atoms with Gasteiger partial charge in [0, 0.05) is 23.6 Å². The maximum Gasteiger partial charge on any atom is 0.119 e. The molecule has 0 spiro atoms. The monoisotopic (exact) mass is 259 g/mol. The first-order valence-corrected chi connectivity index (χ1v) is 6.88. The van der Waals surface area contributed by atoms with E-state index in [0.29, 0.717) is 6.10 Å². The van der Waals surface area contributed by atoms with E-state index in [1.54, 1.807) is 7.11 Å². The maximum atomic E-state index is 6.07. The van der Waals surface area contributed by atoms with Crippen molar-refractivity contribution in [1.29, 1.82) is 0 Å². The number of nitrogens with zero attached hydrogens (tertiary/aromatic N) is 1. The van der Waals surface area contributed by atoms with Crippen LogP contribution in [-0.4, -0.2) is 23.4 Å². The van der Waals surface area contributed by atoms with Gasteiger partial charge in [0.25, 0.3) is 0 Å². The quantitative estimate of drug-likeness (QED) is 0.840. The van der Waals surface area contributed by atoms with Gasteiger partial charge in [0.2, 0.25) is 0 Å². The Morgan fingerprint density at radius 3 is 2.89 bits per heavy atom. The van der Waals surface area contributed by atoms with Crippen molar-refractivity contribution in [3.8, 4) is 5.75 Å². The van der Waals surface area contributed by atoms with Gasteiger partial charge in [-0.05, 0) is 51.0 Å². The van der Waals surface area contributed by atoms with Gasteiger partial charge in [-0.25, -0.2) is 0 Å². The highest BCUT2D eigenvalue weighted by atomic mass is 16.5. The fourth-order valence-corrected chi connectivity index (χ4v) is 2.89. The second-order valence-corrected chi connectivity index (χ2v) is 5.93. The number of hydrogen-bond acceptors (Lipinski definition) is 2. The zero-order valence-electron chi connectivity index (χ0n) is 11.8. The molecule has 0 radical (unpaired) electrons. The molecule has 1 aliphatic heterocycles. The van der Waals surface area contributed by atoms with Crippen LogP contribution in [0, 0.1) is 0 Å². The highest BCUT2D eigenvalue weighted by molar-refractivity contribution is 5.81. The summed E-state index contributed by atoms with van der Waals surface area (Å²) in [5.74, 6) is 0.906. The van der Waals surface area contributed by atoms with Crippen LogP contribution in [0.5, 0.6) is 5.75 Å². The molecule has 1 aromatic carbocycles. The fourth-order valence-electron chi connectivity index (χ4n) is 2.89. The Hall–Kier alpha value is -1.48. The Morgan fingerprint density at radius 2 is 2.21 bits per heavy atom. The summed E-state index contributed by atoms with van der Waals surface area (Å²) < 4.78 is 13.6. The van der Waals surface area contributed by atoms with E-state index in [-0.39, 0.29) is 5.60 Å². The van der Waals surface area contributed by atoms with Gasteiger partial charge in [-0.3, -0.25) is 0 Å². The lowest BCUT2D eigenvalue weighted by atomic mass is 10.1. The minimum absolute atomic E-state index is 0.0385. The molecule has 1 fully saturated rings. The molecule has 102 valence electrons. The predicted molar refractivity (Wildman–Crippen MR) is 76.7 cm³/mol. The van der Waals surface area contributed by atoms with Crippen LogP contribution < -0.4 is 4.74 Å². The van der Waals surface area contributed by atoms with Crippen LogP contribution in [0.2, 0.25) is 0 Å². The average molecular weight is 259 g/mol. The van der Waals surface area contributed by atoms with E-state index in [4.69, 9.17) is 9.47 Å². The van der Waals surface area contributed by atoms with Crippen molar-refractivity contribution in [2.45, 2.75) is 44.9 Å². The largest absolute Gasteiger partial charge is 0.497 e. The molecule has 0 bridgehead atoms. The van der Waals surface area contributed by atoms with Gasteiger partial charge in [0.15, 0.2) is 0 Å². The van der Waals surface area contributed by atoms with Gasteiger partial charge in [-0.15, -0.1) is 0 Å². The Labute approximate surface area is 114 Å². The highest BCUT2D eigenvalue weighted by Gasteiger charge is 2.31. The maximum absolute atomic E-state index is 6.07. The molecule has 1 saturated heterocycles. The number of ether oxygens (including phenoxy) is 2. The van der Waals surface area contributed by atoms with Crippen molar-refractivity contribution in [2.24, 2.45) is 0 Å². The number of methoxy groups -OCH3 is 1. The van der Waals surface area contributed by atoms with Crippen LogP contribution in [0.25, 0.3) is 10.9 Å². The lowest BCUT2D eigenvalue weighted by Crippen LogP contribution is -2.22. The molecular formula is C16H21NO2. The van der Waals surface area contributed by atoms with Crippen LogP contribution in [0.15, 0.2) is 30.5 Å². The number of fused-ring (bicyclic) bond motifs is 1. The standard InChI is InChI=1S/C16H21NO2/c1-16(2)8-6-14(19-16)11-17-9-7-12-10-13(18-3)4-5-15(12)17/h4-5,7,9-10,14H,6,8,11H2,1-3H3. The van der Waals surface area contributed by atoms with Gasteiger partial charge in [-0.2, -0.15) is 0 Å². The van der Waals surface area contributed by atoms with Crippen molar-refractivity contribution >= 4 is 10.9 Å². The van der Waals surface area contributed by atoms with Gasteiger partial charge < -0.3 is 14.0 Å². The molecule has 1 aliphatic rings. The molecule has 2 aromatic rings. The normalized spacial score (nSPS) is 21.9. The lowest BCUT2D eigenvalue weighted by Gasteiger charge is -2.19. The molecular weight excluding hydrogens is 238 g/mol. The van der Waals surface area contributed by atoms with Crippen molar-refractivity contribution in [3.05, 3.63) is 30.5 Å². The SMILES string of the molecule is COc1ccc2c(ccn2CC2CCC(C)(C)O2)c1. The minimum atomic E-state index is 0.0385. The van der Waals surface area contributed by atoms with E-state index in [9.17, 15) is 0 Å². The van der Waals surface area contributed by atoms with Crippen LogP contribution >= 0.6 is 0 Å². The molecule has 1 aromatic heterocycles. The average Bonchev–Trinajstić information content (AvgIpc) is 2.93. The molecule has 1 atom stereocenters. The van der Waals surface area contributed by atoms with Crippen molar-refractivity contribution in [2.75, 3.05) is 7.11 Å². The summed E-state index contributed by atoms with van der Waals surface area (Å²) in [6, 6.07) is 8.34. The molecule has 3 rings (SSSR count). The second kappa shape index (κ2) is 4.57. The topological polar surface area (TPSA) is 23.4 Å². The highest BCUT2D eigenvalue weighted by Crippen LogP contribution is 2.31. The smallest absolute Gasteiger partial charge is 0.119 e. The summed E-state index contributed by atoms with van der Waals surface area (Å²) in [7, 11) is 1.70. The third-order valence-electron chi connectivity index (χ3n) is 3.93. The van der Waals surface area contributed by atoms with Crippen LogP contribution in [0.4, 0.5) is 0 Å². The van der Waals surface area contributed by atoms with E-state index < -0.39 is 0 Å². The summed E-state index contributed by atoms with van der Waals surface area (Å²) in [6.07, 6.45) is 4.75. The fraction of sp³-hybridized carbons (Fsp3) is 0.500. The first kappa shape index (κ1) is 12.5. The van der Waals surface area contributed by atoms with E-state index in [1.165, 1.54) is 10.9 Å². The number of benzene rings is 1. The molecule has 0 amide bonds. The summed E-state index contributed by atoms with van der Waals surface area (Å²) in [5.41, 5.74) is 1.28. The Balaban J connectivity index is 1.82. The van der Waals surface area contributed by atoms with Gasteiger partial charge in [0.05, 0.1) is 18.8 Å². The van der Waals surface area contributed by atoms with Crippen molar-refractivity contribution < 1.29 is 9.47 Å².